The highest BCUT2D eigenvalue weighted by Gasteiger charge is 2.32. The lowest BCUT2D eigenvalue weighted by molar-refractivity contribution is -0.138. The molecule has 0 radical (unpaired) electrons. The van der Waals surface area contributed by atoms with Crippen LogP contribution in [0.1, 0.15) is 5.56 Å². The molecule has 0 aromatic carbocycles. The summed E-state index contributed by atoms with van der Waals surface area (Å²) in [5.41, 5.74) is -1.36. The number of aromatic nitrogens is 4. The van der Waals surface area contributed by atoms with Crippen molar-refractivity contribution >= 4 is 46.8 Å². The molecule has 4 rings (SSSR count). The first kappa shape index (κ1) is 26.7. The fourth-order valence-corrected chi connectivity index (χ4v) is 3.66. The van der Waals surface area contributed by atoms with Crippen molar-refractivity contribution < 1.29 is 27.8 Å². The van der Waals surface area contributed by atoms with Gasteiger partial charge in [0.25, 0.3) is 5.56 Å². The molecule has 0 unspecified atom stereocenters. The first-order valence-corrected chi connectivity index (χ1v) is 11.1. The topological polar surface area (TPSA) is 152 Å². The third-order valence-corrected chi connectivity index (χ3v) is 5.56. The molecule has 200 valence electrons. The minimum atomic E-state index is -4.66. The summed E-state index contributed by atoms with van der Waals surface area (Å²) in [5, 5.41) is 22.1. The van der Waals surface area contributed by atoms with Crippen LogP contribution in [0.15, 0.2) is 51.8 Å². The van der Waals surface area contributed by atoms with Crippen molar-refractivity contribution in [3.05, 3.63) is 62.9 Å². The van der Waals surface area contributed by atoms with E-state index in [4.69, 9.17) is 31.6 Å². The first-order chi connectivity index (χ1) is 18.0. The van der Waals surface area contributed by atoms with Crippen molar-refractivity contribution in [2.45, 2.75) is 6.18 Å². The van der Waals surface area contributed by atoms with Gasteiger partial charge < -0.3 is 39.8 Å². The first-order valence-electron chi connectivity index (χ1n) is 10.8. The van der Waals surface area contributed by atoms with Gasteiger partial charge in [-0.3, -0.25) is 4.79 Å². The Kier molecular flexibility index (Phi) is 7.41. The molecule has 38 heavy (non-hydrogen) atoms. The van der Waals surface area contributed by atoms with E-state index in [1.807, 2.05) is 0 Å². The van der Waals surface area contributed by atoms with Crippen LogP contribution in [-0.2, 0) is 25.0 Å². The van der Waals surface area contributed by atoms with Gasteiger partial charge in [0.2, 0.25) is 11.8 Å². The van der Waals surface area contributed by atoms with Gasteiger partial charge in [0.1, 0.15) is 28.5 Å². The predicted octanol–water partition coefficient (Wildman–Crippen LogP) is 2.80. The number of pyridine rings is 2. The molecule has 1 aliphatic heterocycles. The van der Waals surface area contributed by atoms with Crippen molar-refractivity contribution in [3.8, 4) is 5.75 Å². The van der Waals surface area contributed by atoms with E-state index in [-0.39, 0.29) is 58.4 Å². The fraction of sp³-hybridized carbons (Fsp3) is 0.227. The van der Waals surface area contributed by atoms with Gasteiger partial charge in [0.05, 0.1) is 37.0 Å². The van der Waals surface area contributed by atoms with Gasteiger partial charge in [0, 0.05) is 20.3 Å². The zero-order valence-electron chi connectivity index (χ0n) is 19.8. The maximum atomic E-state index is 13.2. The predicted molar refractivity (Wildman–Crippen MR) is 133 cm³/mol. The van der Waals surface area contributed by atoms with E-state index in [1.54, 1.807) is 0 Å². The Balaban J connectivity index is 1.65. The molecule has 0 amide bonds. The van der Waals surface area contributed by atoms with Crippen LogP contribution in [-0.4, -0.2) is 49.9 Å². The lowest BCUT2D eigenvalue weighted by Crippen LogP contribution is -2.23. The molecule has 3 aromatic rings. The number of nitrogens with one attached hydrogen (secondary N) is 3. The largest absolute Gasteiger partial charge is 0.474 e. The van der Waals surface area contributed by atoms with E-state index in [2.05, 4.69) is 25.6 Å². The summed E-state index contributed by atoms with van der Waals surface area (Å²) in [6, 6.07) is 0.696. The Morgan fingerprint density at radius 1 is 1.37 bits per heavy atom. The molecule has 0 atom stereocenters. The summed E-state index contributed by atoms with van der Waals surface area (Å²) in [6.07, 6.45) is 0.994. The molecular weight excluding hydrogens is 533 g/mol. The molecule has 0 bridgehead atoms. The van der Waals surface area contributed by atoms with Crippen LogP contribution in [0.5, 0.6) is 5.75 Å². The lowest BCUT2D eigenvalue weighted by atomic mass is 10.2. The third-order valence-electron chi connectivity index (χ3n) is 5.19. The highest BCUT2D eigenvalue weighted by molar-refractivity contribution is 6.36. The second-order valence-corrected chi connectivity index (χ2v) is 8.14. The minimum Gasteiger partial charge on any atom is -0.474 e. The number of allylic oxidation sites excluding steroid dienone is 2. The van der Waals surface area contributed by atoms with E-state index < -0.39 is 17.3 Å². The summed E-state index contributed by atoms with van der Waals surface area (Å²) in [5.74, 6) is 0.312. The molecule has 3 aromatic heterocycles. The van der Waals surface area contributed by atoms with Crippen LogP contribution in [0.3, 0.4) is 0 Å². The number of anilines is 2. The van der Waals surface area contributed by atoms with E-state index in [9.17, 15) is 18.0 Å². The van der Waals surface area contributed by atoms with Gasteiger partial charge in [-0.25, -0.2) is 9.98 Å². The summed E-state index contributed by atoms with van der Waals surface area (Å²) in [4.78, 5) is 24.9. The Labute approximate surface area is 217 Å². The van der Waals surface area contributed by atoms with Gasteiger partial charge in [0.15, 0.2) is 17.2 Å². The molecule has 0 spiro atoms. The van der Waals surface area contributed by atoms with Crippen LogP contribution < -0.4 is 20.9 Å². The number of rotatable bonds is 8. The summed E-state index contributed by atoms with van der Waals surface area (Å²) in [7, 11) is 2.73. The average molecular weight is 553 g/mol. The molecule has 0 aliphatic carbocycles. The Bertz CT molecular complexity index is 1560. The smallest absolute Gasteiger partial charge is 0.417 e. The fourth-order valence-electron chi connectivity index (χ4n) is 3.36. The number of alkyl halides is 3. The molecule has 0 fully saturated rings. The number of imidazole rings is 1. The number of aliphatic imine (C=N–C) groups is 1. The number of hydrogen-bond acceptors (Lipinski definition) is 10. The minimum absolute atomic E-state index is 0.00947. The monoisotopic (exact) mass is 552 g/mol. The summed E-state index contributed by atoms with van der Waals surface area (Å²) in [6.45, 7) is -0.122. The Morgan fingerprint density at radius 3 is 2.76 bits per heavy atom. The van der Waals surface area contributed by atoms with Crippen LogP contribution in [0.25, 0.3) is 11.2 Å². The van der Waals surface area contributed by atoms with Gasteiger partial charge >= 0.3 is 6.18 Å². The second-order valence-electron chi connectivity index (χ2n) is 7.77. The lowest BCUT2D eigenvalue weighted by Gasteiger charge is -2.15. The van der Waals surface area contributed by atoms with Crippen LogP contribution in [0.4, 0.5) is 24.8 Å². The summed E-state index contributed by atoms with van der Waals surface area (Å²) >= 11 is 6.55. The normalized spacial score (nSPS) is 14.7. The maximum absolute atomic E-state index is 13.2. The number of aliphatic hydroxyl groups excluding tert-OH is 1. The highest BCUT2D eigenvalue weighted by Crippen LogP contribution is 2.35. The molecule has 4 heterocycles. The summed E-state index contributed by atoms with van der Waals surface area (Å²) < 4.78 is 52.9. The van der Waals surface area contributed by atoms with Gasteiger partial charge in [-0.2, -0.15) is 18.2 Å². The number of halogens is 4. The molecule has 16 heteroatoms. The molecular formula is C22H20ClF3N8O4. The van der Waals surface area contributed by atoms with Crippen molar-refractivity contribution in [3.63, 3.8) is 0 Å². The maximum Gasteiger partial charge on any atom is 0.417 e. The number of fused-ring (bicyclic) bond motifs is 1. The zero-order chi connectivity index (χ0) is 27.6. The molecule has 0 saturated heterocycles. The van der Waals surface area contributed by atoms with E-state index >= 15 is 0 Å². The number of ether oxygens (including phenoxy) is 2. The van der Waals surface area contributed by atoms with Crippen LogP contribution >= 0.6 is 11.6 Å². The standard InChI is InChI=1S/C22H20ClF3N8O4/c1-33-10-11(22(24,25)26)5-12(20(33)36)31-21-32-19-18(34(21)2)17(23)15(8-30-19)38-14(6-27)13-7-29-16(9-28-13)37-4-3-35/h5-10,27-28,35H,3-4H2,1-2H3,(H,30,31,32)/b14-13+,27-6?. The van der Waals surface area contributed by atoms with E-state index in [0.29, 0.717) is 18.0 Å². The van der Waals surface area contributed by atoms with Gasteiger partial charge in [-0.05, 0) is 6.07 Å². The van der Waals surface area contributed by atoms with E-state index in [0.717, 1.165) is 10.8 Å². The second kappa shape index (κ2) is 10.5. The van der Waals surface area contributed by atoms with Crippen LogP contribution in [0.2, 0.25) is 5.02 Å². The number of aliphatic hydroxyl groups is 1. The van der Waals surface area contributed by atoms with E-state index in [1.165, 1.54) is 37.3 Å². The number of aryl methyl sites for hydroxylation is 2. The number of nitrogens with zero attached hydrogens (tertiary/aromatic N) is 5. The molecule has 1 aliphatic rings. The zero-order valence-corrected chi connectivity index (χ0v) is 20.6. The Morgan fingerprint density at radius 2 is 2.13 bits per heavy atom. The highest BCUT2D eigenvalue weighted by atomic mass is 35.5. The number of hydrogen-bond donors (Lipinski definition) is 4. The molecule has 0 saturated carbocycles. The van der Waals surface area contributed by atoms with Crippen molar-refractivity contribution in [1.29, 1.82) is 5.41 Å². The Hall–Kier alpha value is -4.37. The average Bonchev–Trinajstić information content (AvgIpc) is 3.20. The third kappa shape index (κ3) is 5.33. The van der Waals surface area contributed by atoms with Gasteiger partial charge in [-0.15, -0.1) is 0 Å². The van der Waals surface area contributed by atoms with Crippen molar-refractivity contribution in [1.82, 2.24) is 24.4 Å². The van der Waals surface area contributed by atoms with Crippen LogP contribution in [0, 0.1) is 5.41 Å². The van der Waals surface area contributed by atoms with Gasteiger partial charge in [-0.1, -0.05) is 11.6 Å². The quantitative estimate of drug-likeness (QED) is 0.246. The SMILES string of the molecule is Cn1cc(C(F)(F)F)cc(Nc2nc3ncc(O/C(C=N)=C4\C=NC(OCCO)=CN4)c(Cl)c3n2C)c1=O. The molecule has 4 N–H and O–H groups in total. The molecule has 12 nitrogen and oxygen atoms in total. The van der Waals surface area contributed by atoms with Crippen molar-refractivity contribution in [2.24, 2.45) is 19.1 Å². The van der Waals surface area contributed by atoms with Crippen molar-refractivity contribution in [2.75, 3.05) is 18.5 Å².